The van der Waals surface area contributed by atoms with Crippen LogP contribution in [0.15, 0.2) is 53.1 Å². The van der Waals surface area contributed by atoms with Crippen LogP contribution < -0.4 is 4.74 Å². The normalized spacial score (nSPS) is 11.0. The van der Waals surface area contributed by atoms with Crippen LogP contribution >= 0.6 is 11.6 Å². The molecular weight excluding hydrogens is 326 g/mol. The van der Waals surface area contributed by atoms with Crippen molar-refractivity contribution in [1.29, 1.82) is 0 Å². The number of methoxy groups -OCH3 is 1. The molecule has 0 fully saturated rings. The molecule has 0 amide bonds. The van der Waals surface area contributed by atoms with E-state index < -0.39 is 0 Å². The molecule has 0 unspecified atom stereocenters. The lowest BCUT2D eigenvalue weighted by atomic mass is 10.2. The largest absolute Gasteiger partial charge is 0.496 e. The Hall–Kier alpha value is -2.37. The second-order valence-electron chi connectivity index (χ2n) is 5.51. The van der Waals surface area contributed by atoms with Crippen molar-refractivity contribution in [2.45, 2.75) is 13.1 Å². The molecule has 2 aromatic carbocycles. The zero-order chi connectivity index (χ0) is 16.9. The molecular formula is C18H18ClN3O2. The van der Waals surface area contributed by atoms with Crippen LogP contribution in [0.3, 0.4) is 0 Å². The minimum absolute atomic E-state index is 0.526. The van der Waals surface area contributed by atoms with E-state index in [0.717, 1.165) is 28.4 Å². The Morgan fingerprint density at radius 2 is 1.96 bits per heavy atom. The van der Waals surface area contributed by atoms with Crippen LogP contribution in [0.1, 0.15) is 11.5 Å². The predicted octanol–water partition coefficient (Wildman–Crippen LogP) is 4.03. The molecule has 3 aromatic rings. The summed E-state index contributed by atoms with van der Waals surface area (Å²) >= 11 is 6.02. The van der Waals surface area contributed by atoms with Crippen LogP contribution in [0.2, 0.25) is 5.02 Å². The van der Waals surface area contributed by atoms with E-state index in [1.165, 1.54) is 0 Å². The van der Waals surface area contributed by atoms with Gasteiger partial charge in [-0.05, 0) is 36.9 Å². The van der Waals surface area contributed by atoms with Gasteiger partial charge in [-0.25, -0.2) is 0 Å². The molecule has 6 heteroatoms. The van der Waals surface area contributed by atoms with Gasteiger partial charge in [-0.15, -0.1) is 0 Å². The van der Waals surface area contributed by atoms with Crippen molar-refractivity contribution in [3.63, 3.8) is 0 Å². The highest BCUT2D eigenvalue weighted by molar-refractivity contribution is 6.30. The number of benzene rings is 2. The first-order chi connectivity index (χ1) is 11.7. The third-order valence-electron chi connectivity index (χ3n) is 3.56. The lowest BCUT2D eigenvalue weighted by Gasteiger charge is -2.14. The fourth-order valence-electron chi connectivity index (χ4n) is 2.49. The average molecular weight is 344 g/mol. The van der Waals surface area contributed by atoms with E-state index in [1.54, 1.807) is 7.11 Å². The second-order valence-corrected chi connectivity index (χ2v) is 5.95. The molecule has 0 aliphatic rings. The first-order valence-electron chi connectivity index (χ1n) is 7.54. The van der Waals surface area contributed by atoms with Gasteiger partial charge >= 0.3 is 0 Å². The molecule has 3 rings (SSSR count). The first-order valence-corrected chi connectivity index (χ1v) is 7.92. The monoisotopic (exact) mass is 343 g/mol. The maximum absolute atomic E-state index is 6.02. The fraction of sp³-hybridized carbons (Fsp3) is 0.222. The van der Waals surface area contributed by atoms with Crippen molar-refractivity contribution in [1.82, 2.24) is 15.0 Å². The van der Waals surface area contributed by atoms with Crippen LogP contribution in [0.25, 0.3) is 11.4 Å². The van der Waals surface area contributed by atoms with E-state index in [-0.39, 0.29) is 0 Å². The lowest BCUT2D eigenvalue weighted by molar-refractivity contribution is 0.261. The Morgan fingerprint density at radius 3 is 2.75 bits per heavy atom. The highest BCUT2D eigenvalue weighted by atomic mass is 35.5. The summed E-state index contributed by atoms with van der Waals surface area (Å²) in [6, 6.07) is 15.4. The van der Waals surface area contributed by atoms with E-state index in [4.69, 9.17) is 20.9 Å². The van der Waals surface area contributed by atoms with Crippen molar-refractivity contribution >= 4 is 11.6 Å². The summed E-state index contributed by atoms with van der Waals surface area (Å²) in [6.07, 6.45) is 0. The number of nitrogens with zero attached hydrogens (tertiary/aromatic N) is 3. The Bertz CT molecular complexity index is 819. The van der Waals surface area contributed by atoms with Crippen LogP contribution in [0, 0.1) is 0 Å². The molecule has 0 spiro atoms. The third kappa shape index (κ3) is 3.93. The van der Waals surface area contributed by atoms with Crippen LogP contribution in [0.4, 0.5) is 0 Å². The molecule has 24 heavy (non-hydrogen) atoms. The van der Waals surface area contributed by atoms with Gasteiger partial charge in [0.1, 0.15) is 5.75 Å². The smallest absolute Gasteiger partial charge is 0.241 e. The van der Waals surface area contributed by atoms with Crippen molar-refractivity contribution in [2.24, 2.45) is 0 Å². The number of rotatable bonds is 6. The standard InChI is InChI=1S/C18H18ClN3O2/c1-22(11-13-6-5-7-14(19)10-13)12-17-20-18(21-24-17)15-8-3-4-9-16(15)23-2/h3-10H,11-12H2,1-2H3. The van der Waals surface area contributed by atoms with Crippen molar-refractivity contribution < 1.29 is 9.26 Å². The van der Waals surface area contributed by atoms with Gasteiger partial charge in [0, 0.05) is 11.6 Å². The zero-order valence-electron chi connectivity index (χ0n) is 13.6. The molecule has 1 aromatic heterocycles. The average Bonchev–Trinajstić information content (AvgIpc) is 3.03. The molecule has 0 N–H and O–H groups in total. The van der Waals surface area contributed by atoms with Gasteiger partial charge in [-0.1, -0.05) is 41.0 Å². The first kappa shape index (κ1) is 16.5. The number of para-hydroxylation sites is 1. The third-order valence-corrected chi connectivity index (χ3v) is 3.80. The summed E-state index contributed by atoms with van der Waals surface area (Å²) in [5, 5.41) is 4.79. The molecule has 0 radical (unpaired) electrons. The highest BCUT2D eigenvalue weighted by Gasteiger charge is 2.14. The molecule has 124 valence electrons. The van der Waals surface area contributed by atoms with Gasteiger partial charge in [-0.2, -0.15) is 4.98 Å². The topological polar surface area (TPSA) is 51.4 Å². The van der Waals surface area contributed by atoms with Gasteiger partial charge in [0.15, 0.2) is 0 Å². The van der Waals surface area contributed by atoms with E-state index >= 15 is 0 Å². The molecule has 0 aliphatic carbocycles. The number of aromatic nitrogens is 2. The maximum Gasteiger partial charge on any atom is 0.241 e. The lowest BCUT2D eigenvalue weighted by Crippen LogP contribution is -2.17. The summed E-state index contributed by atoms with van der Waals surface area (Å²) < 4.78 is 10.7. The zero-order valence-corrected chi connectivity index (χ0v) is 14.3. The number of hydrogen-bond acceptors (Lipinski definition) is 5. The summed E-state index contributed by atoms with van der Waals surface area (Å²) in [7, 11) is 3.62. The Balaban J connectivity index is 1.69. The molecule has 0 atom stereocenters. The van der Waals surface area contributed by atoms with Crippen LogP contribution in [-0.2, 0) is 13.1 Å². The number of ether oxygens (including phenoxy) is 1. The Kier molecular flexibility index (Phi) is 5.13. The molecule has 5 nitrogen and oxygen atoms in total. The van der Waals surface area contributed by atoms with Gasteiger partial charge in [0.05, 0.1) is 19.2 Å². The quantitative estimate of drug-likeness (QED) is 0.676. The number of halogens is 1. The van der Waals surface area contributed by atoms with Crippen LogP contribution in [-0.4, -0.2) is 29.2 Å². The van der Waals surface area contributed by atoms with Gasteiger partial charge in [0.2, 0.25) is 11.7 Å². The van der Waals surface area contributed by atoms with E-state index in [0.29, 0.717) is 18.3 Å². The second kappa shape index (κ2) is 7.47. The van der Waals surface area contributed by atoms with Gasteiger partial charge in [0.25, 0.3) is 0 Å². The molecule has 0 saturated heterocycles. The SMILES string of the molecule is COc1ccccc1-c1noc(CN(C)Cc2cccc(Cl)c2)n1. The molecule has 0 saturated carbocycles. The highest BCUT2D eigenvalue weighted by Crippen LogP contribution is 2.27. The van der Waals surface area contributed by atoms with Crippen LogP contribution in [0.5, 0.6) is 5.75 Å². The summed E-state index contributed by atoms with van der Waals surface area (Å²) in [5.74, 6) is 1.80. The van der Waals surface area contributed by atoms with Crippen molar-refractivity contribution in [3.8, 4) is 17.1 Å². The van der Waals surface area contributed by atoms with Crippen molar-refractivity contribution in [3.05, 3.63) is 65.0 Å². The van der Waals surface area contributed by atoms with Gasteiger partial charge in [-0.3, -0.25) is 4.90 Å². The summed E-state index contributed by atoms with van der Waals surface area (Å²) in [5.41, 5.74) is 1.95. The Labute approximate surface area is 145 Å². The molecule has 0 aliphatic heterocycles. The van der Waals surface area contributed by atoms with E-state index in [1.807, 2.05) is 55.6 Å². The Morgan fingerprint density at radius 1 is 1.12 bits per heavy atom. The molecule has 0 bridgehead atoms. The predicted molar refractivity (Wildman–Crippen MR) is 92.9 cm³/mol. The maximum atomic E-state index is 6.02. The van der Waals surface area contributed by atoms with E-state index in [2.05, 4.69) is 15.0 Å². The van der Waals surface area contributed by atoms with Crippen molar-refractivity contribution in [2.75, 3.05) is 14.2 Å². The minimum Gasteiger partial charge on any atom is -0.496 e. The minimum atomic E-state index is 0.526. The molecule has 1 heterocycles. The summed E-state index contributed by atoms with van der Waals surface area (Å²) in [4.78, 5) is 6.55. The van der Waals surface area contributed by atoms with E-state index in [9.17, 15) is 0 Å². The fourth-order valence-corrected chi connectivity index (χ4v) is 2.70. The summed E-state index contributed by atoms with van der Waals surface area (Å²) in [6.45, 7) is 1.29. The number of hydrogen-bond donors (Lipinski definition) is 0. The van der Waals surface area contributed by atoms with Gasteiger partial charge < -0.3 is 9.26 Å².